The van der Waals surface area contributed by atoms with E-state index in [9.17, 15) is 9.59 Å². The van der Waals surface area contributed by atoms with E-state index < -0.39 is 21.4 Å². The van der Waals surface area contributed by atoms with Crippen molar-refractivity contribution < 1.29 is 19.8 Å². The van der Waals surface area contributed by atoms with E-state index in [1.165, 1.54) is 6.08 Å². The highest BCUT2D eigenvalue weighted by Crippen LogP contribution is 2.41. The molecule has 0 fully saturated rings. The highest BCUT2D eigenvalue weighted by atomic mass is 127. The first-order valence-electron chi connectivity index (χ1n) is 3.90. The molecule has 0 heterocycles. The third kappa shape index (κ3) is 2.25. The normalized spacial score (nSPS) is 30.0. The summed E-state index contributed by atoms with van der Waals surface area (Å²) in [6, 6.07) is 0. The molecule has 0 saturated heterocycles. The standard InChI is InChI=1S/C8H6I3NO4/c9-2-1-3(10)8(12,7(15)16)5(11)4(2)6(13)14/h1,5H,12H2,(H,13,14)(H,15,16). The van der Waals surface area contributed by atoms with Crippen molar-refractivity contribution in [2.75, 3.05) is 0 Å². The van der Waals surface area contributed by atoms with Crippen LogP contribution in [0.3, 0.4) is 0 Å². The zero-order chi connectivity index (χ0) is 12.7. The molecule has 0 aromatic rings. The van der Waals surface area contributed by atoms with Gasteiger partial charge in [-0.05, 0) is 51.3 Å². The number of carboxylic acid groups (broad SMARTS) is 2. The van der Waals surface area contributed by atoms with E-state index in [1.54, 1.807) is 22.6 Å². The summed E-state index contributed by atoms with van der Waals surface area (Å²) >= 11 is 5.47. The van der Waals surface area contributed by atoms with E-state index in [1.807, 2.05) is 45.2 Å². The Labute approximate surface area is 132 Å². The van der Waals surface area contributed by atoms with Crippen molar-refractivity contribution in [1.82, 2.24) is 0 Å². The lowest BCUT2D eigenvalue weighted by molar-refractivity contribution is -0.141. The van der Waals surface area contributed by atoms with Crippen LogP contribution in [0.25, 0.3) is 0 Å². The van der Waals surface area contributed by atoms with Crippen LogP contribution in [0.4, 0.5) is 0 Å². The molecule has 1 aliphatic carbocycles. The quantitative estimate of drug-likeness (QED) is 0.353. The average molecular weight is 561 g/mol. The number of aliphatic carboxylic acids is 2. The van der Waals surface area contributed by atoms with Crippen LogP contribution in [-0.4, -0.2) is 31.6 Å². The van der Waals surface area contributed by atoms with E-state index in [-0.39, 0.29) is 5.57 Å². The molecule has 4 N–H and O–H groups in total. The first-order chi connectivity index (χ1) is 7.22. The number of carbonyl (C=O) groups is 2. The fraction of sp³-hybridized carbons (Fsp3) is 0.250. The van der Waals surface area contributed by atoms with Gasteiger partial charge in [-0.1, -0.05) is 22.6 Å². The minimum atomic E-state index is -1.66. The van der Waals surface area contributed by atoms with E-state index >= 15 is 0 Å². The molecule has 1 aliphatic rings. The molecule has 0 aliphatic heterocycles. The van der Waals surface area contributed by atoms with Gasteiger partial charge in [-0.3, -0.25) is 0 Å². The summed E-state index contributed by atoms with van der Waals surface area (Å²) in [4.78, 5) is 22.2. The molecule has 1 rings (SSSR count). The third-order valence-corrected chi connectivity index (χ3v) is 5.85. The first-order valence-corrected chi connectivity index (χ1v) is 7.30. The zero-order valence-electron chi connectivity index (χ0n) is 7.58. The minimum Gasteiger partial charge on any atom is -0.480 e. The van der Waals surface area contributed by atoms with Gasteiger partial charge in [-0.2, -0.15) is 0 Å². The molecule has 8 heteroatoms. The Hall–Kier alpha value is 0.570. The molecule has 0 amide bonds. The number of alkyl halides is 1. The number of hydrogen-bond acceptors (Lipinski definition) is 3. The Morgan fingerprint density at radius 2 is 1.88 bits per heavy atom. The second kappa shape index (κ2) is 5.06. The van der Waals surface area contributed by atoms with Gasteiger partial charge >= 0.3 is 11.9 Å². The fourth-order valence-electron chi connectivity index (χ4n) is 1.20. The summed E-state index contributed by atoms with van der Waals surface area (Å²) in [5.74, 6) is -2.37. The van der Waals surface area contributed by atoms with Gasteiger partial charge in [0.2, 0.25) is 0 Å². The van der Waals surface area contributed by atoms with Gasteiger partial charge in [0.15, 0.2) is 5.54 Å². The molecule has 0 aromatic carbocycles. The van der Waals surface area contributed by atoms with Gasteiger partial charge in [0.1, 0.15) is 0 Å². The van der Waals surface area contributed by atoms with E-state index in [0.29, 0.717) is 7.16 Å². The van der Waals surface area contributed by atoms with E-state index in [2.05, 4.69) is 0 Å². The highest BCUT2D eigenvalue weighted by Gasteiger charge is 2.49. The van der Waals surface area contributed by atoms with Crippen molar-refractivity contribution in [2.45, 2.75) is 9.46 Å². The summed E-state index contributed by atoms with van der Waals surface area (Å²) in [7, 11) is 0. The van der Waals surface area contributed by atoms with Crippen LogP contribution in [0.5, 0.6) is 0 Å². The van der Waals surface area contributed by atoms with Crippen molar-refractivity contribution in [1.29, 1.82) is 0 Å². The molecule has 0 spiro atoms. The minimum absolute atomic E-state index is 0.0338. The maximum Gasteiger partial charge on any atom is 0.333 e. The van der Waals surface area contributed by atoms with Crippen molar-refractivity contribution in [3.8, 4) is 0 Å². The smallest absolute Gasteiger partial charge is 0.333 e. The molecule has 5 nitrogen and oxygen atoms in total. The average Bonchev–Trinajstić information content (AvgIpc) is 2.13. The Kier molecular flexibility index (Phi) is 4.62. The molecule has 16 heavy (non-hydrogen) atoms. The Morgan fingerprint density at radius 1 is 1.38 bits per heavy atom. The lowest BCUT2D eigenvalue weighted by Gasteiger charge is -2.33. The molecule has 0 bridgehead atoms. The summed E-state index contributed by atoms with van der Waals surface area (Å²) in [6.07, 6.45) is 1.49. The molecule has 88 valence electrons. The molecule has 2 unspecified atom stereocenters. The predicted octanol–water partition coefficient (Wildman–Crippen LogP) is 1.68. The number of nitrogens with two attached hydrogens (primary N) is 1. The summed E-state index contributed by atoms with van der Waals surface area (Å²) in [5.41, 5.74) is 4.17. The van der Waals surface area contributed by atoms with Gasteiger partial charge in [0, 0.05) is 7.16 Å². The van der Waals surface area contributed by atoms with Crippen LogP contribution in [0.1, 0.15) is 0 Å². The van der Waals surface area contributed by atoms with Crippen LogP contribution in [0.2, 0.25) is 0 Å². The Morgan fingerprint density at radius 3 is 2.25 bits per heavy atom. The predicted molar refractivity (Wildman–Crippen MR) is 83.1 cm³/mol. The SMILES string of the molecule is NC1(C(=O)O)C(I)=CC(I)=C(C(=O)O)C1I. The van der Waals surface area contributed by atoms with E-state index in [0.717, 1.165) is 0 Å². The zero-order valence-corrected chi connectivity index (χ0v) is 14.0. The van der Waals surface area contributed by atoms with Crippen molar-refractivity contribution in [2.24, 2.45) is 5.73 Å². The van der Waals surface area contributed by atoms with Gasteiger partial charge in [-0.25, -0.2) is 9.59 Å². The van der Waals surface area contributed by atoms with Crippen LogP contribution < -0.4 is 5.73 Å². The second-order valence-corrected chi connectivity index (χ2v) is 6.67. The fourth-order valence-corrected chi connectivity index (χ4v) is 5.90. The van der Waals surface area contributed by atoms with Crippen molar-refractivity contribution in [3.63, 3.8) is 0 Å². The van der Waals surface area contributed by atoms with Gasteiger partial charge in [0.25, 0.3) is 0 Å². The molecule has 0 saturated carbocycles. The summed E-state index contributed by atoms with van der Waals surface area (Å²) in [5, 5.41) is 18.2. The first kappa shape index (κ1) is 14.6. The molecular formula is C8H6I3NO4. The number of halogens is 3. The highest BCUT2D eigenvalue weighted by molar-refractivity contribution is 14.1. The maximum atomic E-state index is 11.2. The van der Waals surface area contributed by atoms with Gasteiger partial charge in [0.05, 0.1) is 9.50 Å². The van der Waals surface area contributed by atoms with Crippen LogP contribution >= 0.6 is 67.8 Å². The summed E-state index contributed by atoms with van der Waals surface area (Å²) in [6.45, 7) is 0. The molecule has 2 atom stereocenters. The van der Waals surface area contributed by atoms with E-state index in [4.69, 9.17) is 15.9 Å². The lowest BCUT2D eigenvalue weighted by Crippen LogP contribution is -2.57. The number of hydrogen-bond donors (Lipinski definition) is 3. The monoisotopic (exact) mass is 561 g/mol. The third-order valence-electron chi connectivity index (χ3n) is 2.14. The topological polar surface area (TPSA) is 101 Å². The Bertz CT molecular complexity index is 431. The Balaban J connectivity index is 3.42. The van der Waals surface area contributed by atoms with Crippen LogP contribution in [-0.2, 0) is 9.59 Å². The maximum absolute atomic E-state index is 11.2. The summed E-state index contributed by atoms with van der Waals surface area (Å²) < 4.78 is 0.131. The van der Waals surface area contributed by atoms with Crippen LogP contribution in [0.15, 0.2) is 18.8 Å². The van der Waals surface area contributed by atoms with Crippen LogP contribution in [0, 0.1) is 0 Å². The molecule has 0 radical (unpaired) electrons. The molecule has 0 aromatic heterocycles. The van der Waals surface area contributed by atoms with Gasteiger partial charge < -0.3 is 15.9 Å². The number of rotatable bonds is 2. The largest absolute Gasteiger partial charge is 0.480 e. The van der Waals surface area contributed by atoms with Crippen molar-refractivity contribution in [3.05, 3.63) is 18.8 Å². The lowest BCUT2D eigenvalue weighted by atomic mass is 9.87. The van der Waals surface area contributed by atoms with Crippen molar-refractivity contribution >= 4 is 79.7 Å². The number of carboxylic acids is 2. The van der Waals surface area contributed by atoms with Gasteiger partial charge in [-0.15, -0.1) is 0 Å². The second-order valence-electron chi connectivity index (χ2n) is 3.10. The number of allylic oxidation sites excluding steroid dienone is 2. The molecular weight excluding hydrogens is 555 g/mol.